The zero-order chi connectivity index (χ0) is 18.5. The highest BCUT2D eigenvalue weighted by molar-refractivity contribution is 6.30. The zero-order valence-corrected chi connectivity index (χ0v) is 14.7. The van der Waals surface area contributed by atoms with Gasteiger partial charge in [0.2, 0.25) is 0 Å². The Kier molecular flexibility index (Phi) is 5.19. The molecule has 2 aromatic carbocycles. The molecule has 3 aromatic rings. The third-order valence-corrected chi connectivity index (χ3v) is 3.78. The summed E-state index contributed by atoms with van der Waals surface area (Å²) < 4.78 is 0. The van der Waals surface area contributed by atoms with Crippen LogP contribution >= 0.6 is 11.6 Å². The minimum absolute atomic E-state index is 0.278. The number of nitrogens with two attached hydrogens (primary N) is 1. The number of hydrogen-bond acceptors (Lipinski definition) is 6. The minimum atomic E-state index is -0.362. The van der Waals surface area contributed by atoms with Gasteiger partial charge in [-0.1, -0.05) is 29.8 Å². The maximum absolute atomic E-state index is 12.2. The van der Waals surface area contributed by atoms with Gasteiger partial charge < -0.3 is 11.1 Å². The first-order valence-electron chi connectivity index (χ1n) is 7.79. The number of halogens is 1. The molecule has 132 valence electrons. The van der Waals surface area contributed by atoms with Gasteiger partial charge in [0.15, 0.2) is 11.6 Å². The number of anilines is 4. The molecule has 0 unspecified atom stereocenters. The molecule has 1 amide bonds. The summed E-state index contributed by atoms with van der Waals surface area (Å²) in [5.74, 6) is 0.356. The molecule has 0 atom stereocenters. The first-order valence-corrected chi connectivity index (χ1v) is 8.17. The van der Waals surface area contributed by atoms with Gasteiger partial charge in [0, 0.05) is 16.3 Å². The van der Waals surface area contributed by atoms with Crippen LogP contribution in [0.25, 0.3) is 0 Å². The highest BCUT2D eigenvalue weighted by Gasteiger charge is 2.11. The van der Waals surface area contributed by atoms with Crippen molar-refractivity contribution >= 4 is 40.5 Å². The van der Waals surface area contributed by atoms with Crippen molar-refractivity contribution in [3.05, 3.63) is 71.0 Å². The largest absolute Gasteiger partial charge is 0.393 e. The number of hydrogen-bond donors (Lipinski definition) is 4. The monoisotopic (exact) mass is 368 g/mol. The normalized spacial score (nSPS) is 10.2. The van der Waals surface area contributed by atoms with Crippen LogP contribution in [0, 0.1) is 6.92 Å². The Balaban J connectivity index is 1.72. The second-order valence-electron chi connectivity index (χ2n) is 5.57. The molecule has 0 spiro atoms. The molecule has 0 fully saturated rings. The molecule has 0 saturated heterocycles. The van der Waals surface area contributed by atoms with Crippen LogP contribution in [0.5, 0.6) is 0 Å². The topological polar surface area (TPSA) is 105 Å². The van der Waals surface area contributed by atoms with Crippen molar-refractivity contribution in [2.75, 3.05) is 16.5 Å². The van der Waals surface area contributed by atoms with Crippen LogP contribution < -0.4 is 21.9 Å². The second kappa shape index (κ2) is 7.71. The van der Waals surface area contributed by atoms with Crippen LogP contribution in [-0.4, -0.2) is 15.9 Å². The number of nitrogens with one attached hydrogen (secondary N) is 3. The number of amides is 1. The van der Waals surface area contributed by atoms with E-state index in [2.05, 4.69) is 26.1 Å². The molecule has 0 aliphatic heterocycles. The van der Waals surface area contributed by atoms with Crippen molar-refractivity contribution in [1.29, 1.82) is 0 Å². The number of carbonyl (C=O) groups is 1. The fourth-order valence-electron chi connectivity index (χ4n) is 2.27. The summed E-state index contributed by atoms with van der Waals surface area (Å²) in [5, 5.41) is 3.61. The molecule has 0 bridgehead atoms. The van der Waals surface area contributed by atoms with E-state index in [-0.39, 0.29) is 17.4 Å². The number of benzene rings is 2. The fourth-order valence-corrected chi connectivity index (χ4v) is 2.46. The minimum Gasteiger partial charge on any atom is -0.393 e. The predicted molar refractivity (Wildman–Crippen MR) is 103 cm³/mol. The lowest BCUT2D eigenvalue weighted by atomic mass is 10.2. The lowest BCUT2D eigenvalue weighted by Gasteiger charge is -2.13. The van der Waals surface area contributed by atoms with Crippen molar-refractivity contribution in [2.24, 2.45) is 0 Å². The van der Waals surface area contributed by atoms with E-state index < -0.39 is 0 Å². The molecule has 8 heteroatoms. The molecule has 1 heterocycles. The van der Waals surface area contributed by atoms with E-state index in [4.69, 9.17) is 17.3 Å². The maximum atomic E-state index is 12.2. The number of nitrogens with zero attached hydrogens (tertiary/aromatic N) is 2. The average Bonchev–Trinajstić information content (AvgIpc) is 2.62. The lowest BCUT2D eigenvalue weighted by Crippen LogP contribution is -2.30. The molecule has 0 aliphatic rings. The SMILES string of the molecule is Cc1cccc(Nc2ncnc(NNC(=O)c3cccc(Cl)c3)c2N)c1. The van der Waals surface area contributed by atoms with Gasteiger partial charge in [-0.3, -0.25) is 15.6 Å². The Labute approximate surface area is 155 Å². The summed E-state index contributed by atoms with van der Waals surface area (Å²) in [6, 6.07) is 14.4. The molecule has 0 radical (unpaired) electrons. The molecule has 5 N–H and O–H groups in total. The molecule has 0 saturated carbocycles. The maximum Gasteiger partial charge on any atom is 0.269 e. The van der Waals surface area contributed by atoms with Gasteiger partial charge in [0.05, 0.1) is 0 Å². The van der Waals surface area contributed by atoms with Crippen LogP contribution in [0.15, 0.2) is 54.9 Å². The Hall–Kier alpha value is -3.32. The Bertz CT molecular complexity index is 946. The zero-order valence-electron chi connectivity index (χ0n) is 14.0. The highest BCUT2D eigenvalue weighted by atomic mass is 35.5. The Morgan fingerprint density at radius 3 is 2.62 bits per heavy atom. The van der Waals surface area contributed by atoms with Crippen molar-refractivity contribution in [2.45, 2.75) is 6.92 Å². The summed E-state index contributed by atoms with van der Waals surface area (Å²) in [7, 11) is 0. The average molecular weight is 369 g/mol. The molecule has 7 nitrogen and oxygen atoms in total. The second-order valence-corrected chi connectivity index (χ2v) is 6.00. The van der Waals surface area contributed by atoms with Crippen LogP contribution in [0.2, 0.25) is 5.02 Å². The quantitative estimate of drug-likeness (QED) is 0.513. The summed E-state index contributed by atoms with van der Waals surface area (Å²) in [4.78, 5) is 20.4. The Morgan fingerprint density at radius 1 is 1.08 bits per heavy atom. The van der Waals surface area contributed by atoms with E-state index in [0.29, 0.717) is 16.4 Å². The van der Waals surface area contributed by atoms with E-state index >= 15 is 0 Å². The van der Waals surface area contributed by atoms with Crippen molar-refractivity contribution < 1.29 is 4.79 Å². The fraction of sp³-hybridized carbons (Fsp3) is 0.0556. The van der Waals surface area contributed by atoms with Crippen molar-refractivity contribution in [1.82, 2.24) is 15.4 Å². The van der Waals surface area contributed by atoms with Gasteiger partial charge in [-0.05, 0) is 42.8 Å². The number of carbonyl (C=O) groups excluding carboxylic acids is 1. The number of rotatable bonds is 5. The van der Waals surface area contributed by atoms with Crippen molar-refractivity contribution in [3.63, 3.8) is 0 Å². The summed E-state index contributed by atoms with van der Waals surface area (Å²) >= 11 is 5.89. The van der Waals surface area contributed by atoms with E-state index in [0.717, 1.165) is 11.3 Å². The first-order chi connectivity index (χ1) is 12.5. The molecular weight excluding hydrogens is 352 g/mol. The predicted octanol–water partition coefficient (Wildman–Crippen LogP) is 3.52. The third-order valence-electron chi connectivity index (χ3n) is 3.55. The highest BCUT2D eigenvalue weighted by Crippen LogP contribution is 2.25. The lowest BCUT2D eigenvalue weighted by molar-refractivity contribution is 0.0962. The first kappa shape index (κ1) is 17.5. The smallest absolute Gasteiger partial charge is 0.269 e. The number of hydrazine groups is 1. The van der Waals surface area contributed by atoms with E-state index in [1.807, 2.05) is 31.2 Å². The standard InChI is InChI=1S/C18H17ClN6O/c1-11-4-2-7-14(8-11)23-16-15(20)17(22-10-21-16)24-25-18(26)12-5-3-6-13(19)9-12/h2-10H,20H2,1H3,(H,25,26)(H2,21,22,23,24). The van der Waals surface area contributed by atoms with Gasteiger partial charge in [-0.2, -0.15) is 0 Å². The van der Waals surface area contributed by atoms with Gasteiger partial charge in [0.25, 0.3) is 5.91 Å². The van der Waals surface area contributed by atoms with Crippen LogP contribution in [-0.2, 0) is 0 Å². The van der Waals surface area contributed by atoms with E-state index in [1.54, 1.807) is 24.3 Å². The summed E-state index contributed by atoms with van der Waals surface area (Å²) in [5.41, 5.74) is 14.0. The molecule has 26 heavy (non-hydrogen) atoms. The number of aryl methyl sites for hydroxylation is 1. The number of aromatic nitrogens is 2. The van der Waals surface area contributed by atoms with Crippen LogP contribution in [0.3, 0.4) is 0 Å². The van der Waals surface area contributed by atoms with Crippen LogP contribution in [0.1, 0.15) is 15.9 Å². The molecule has 0 aliphatic carbocycles. The van der Waals surface area contributed by atoms with Crippen LogP contribution in [0.4, 0.5) is 23.0 Å². The summed E-state index contributed by atoms with van der Waals surface area (Å²) in [6.07, 6.45) is 1.35. The number of nitrogen functional groups attached to an aromatic ring is 1. The molecule has 3 rings (SSSR count). The summed E-state index contributed by atoms with van der Waals surface area (Å²) in [6.45, 7) is 1.99. The Morgan fingerprint density at radius 2 is 1.85 bits per heavy atom. The third kappa shape index (κ3) is 4.20. The van der Waals surface area contributed by atoms with E-state index in [1.165, 1.54) is 6.33 Å². The molecular formula is C18H17ClN6O. The van der Waals surface area contributed by atoms with Gasteiger partial charge in [0.1, 0.15) is 12.0 Å². The van der Waals surface area contributed by atoms with Gasteiger partial charge in [-0.25, -0.2) is 9.97 Å². The van der Waals surface area contributed by atoms with E-state index in [9.17, 15) is 4.79 Å². The van der Waals surface area contributed by atoms with Gasteiger partial charge in [-0.15, -0.1) is 0 Å². The molecule has 1 aromatic heterocycles. The van der Waals surface area contributed by atoms with Gasteiger partial charge >= 0.3 is 0 Å². The van der Waals surface area contributed by atoms with Crippen molar-refractivity contribution in [3.8, 4) is 0 Å².